The SMILES string of the molecule is Cc1ccc(C)c(/C(O)=C2\C(=O)C(=O)N(c3nnc(SCc4ccccc4)s3)C2c2ccc(O)cc2)c1. The maximum Gasteiger partial charge on any atom is 0.301 e. The lowest BCUT2D eigenvalue weighted by atomic mass is 9.93. The average Bonchev–Trinajstić information content (AvgIpc) is 3.47. The van der Waals surface area contributed by atoms with E-state index in [-0.39, 0.29) is 22.2 Å². The normalized spacial score (nSPS) is 16.9. The highest BCUT2D eigenvalue weighted by molar-refractivity contribution is 8.00. The van der Waals surface area contributed by atoms with Crippen LogP contribution in [0.15, 0.2) is 82.7 Å². The second-order valence-electron chi connectivity index (χ2n) is 8.70. The molecular weight excluding hydrogens is 506 g/mol. The van der Waals surface area contributed by atoms with Crippen molar-refractivity contribution < 1.29 is 19.8 Å². The lowest BCUT2D eigenvalue weighted by Crippen LogP contribution is -2.29. The first kappa shape index (κ1) is 24.7. The Morgan fingerprint density at radius 2 is 1.73 bits per heavy atom. The van der Waals surface area contributed by atoms with Crippen molar-refractivity contribution in [3.63, 3.8) is 0 Å². The Labute approximate surface area is 222 Å². The Bertz CT molecular complexity index is 1510. The minimum Gasteiger partial charge on any atom is -0.508 e. The van der Waals surface area contributed by atoms with Gasteiger partial charge in [0.05, 0.1) is 11.6 Å². The zero-order valence-corrected chi connectivity index (χ0v) is 21.7. The Morgan fingerprint density at radius 3 is 2.46 bits per heavy atom. The van der Waals surface area contributed by atoms with Crippen LogP contribution in [0.25, 0.3) is 5.76 Å². The van der Waals surface area contributed by atoms with Gasteiger partial charge in [-0.2, -0.15) is 0 Å². The fourth-order valence-electron chi connectivity index (χ4n) is 4.22. The first-order valence-electron chi connectivity index (χ1n) is 11.5. The summed E-state index contributed by atoms with van der Waals surface area (Å²) in [5, 5.41) is 29.9. The van der Waals surface area contributed by atoms with Crippen molar-refractivity contribution in [2.75, 3.05) is 4.90 Å². The van der Waals surface area contributed by atoms with Crippen LogP contribution < -0.4 is 4.90 Å². The molecule has 1 aliphatic rings. The number of thioether (sulfide) groups is 1. The number of benzene rings is 3. The molecule has 5 rings (SSSR count). The number of aromatic nitrogens is 2. The van der Waals surface area contributed by atoms with Gasteiger partial charge in [-0.1, -0.05) is 83.3 Å². The van der Waals surface area contributed by atoms with Crippen LogP contribution in [-0.2, 0) is 15.3 Å². The number of nitrogens with zero attached hydrogens (tertiary/aromatic N) is 3. The third-order valence-corrected chi connectivity index (χ3v) is 8.24. The molecule has 4 aromatic rings. The second-order valence-corrected chi connectivity index (χ2v) is 10.9. The summed E-state index contributed by atoms with van der Waals surface area (Å²) in [5.41, 5.74) is 3.82. The molecule has 7 nitrogen and oxygen atoms in total. The highest BCUT2D eigenvalue weighted by Crippen LogP contribution is 2.44. The first-order chi connectivity index (χ1) is 17.8. The molecule has 1 unspecified atom stereocenters. The predicted molar refractivity (Wildman–Crippen MR) is 145 cm³/mol. The van der Waals surface area contributed by atoms with Gasteiger partial charge in [-0.25, -0.2) is 0 Å². The van der Waals surface area contributed by atoms with Crippen molar-refractivity contribution in [1.29, 1.82) is 0 Å². The number of phenols is 1. The van der Waals surface area contributed by atoms with E-state index in [1.54, 1.807) is 18.2 Å². The number of aliphatic hydroxyl groups is 1. The quantitative estimate of drug-likeness (QED) is 0.107. The number of Topliss-reactive ketones (excluding diaryl/α,β-unsaturated/α-hetero) is 1. The number of ketones is 1. The maximum absolute atomic E-state index is 13.4. The summed E-state index contributed by atoms with van der Waals surface area (Å²) < 4.78 is 0.653. The van der Waals surface area contributed by atoms with E-state index >= 15 is 0 Å². The number of aryl methyl sites for hydroxylation is 2. The molecule has 9 heteroatoms. The Kier molecular flexibility index (Phi) is 6.82. The lowest BCUT2D eigenvalue weighted by Gasteiger charge is -2.22. The number of aliphatic hydroxyl groups excluding tert-OH is 1. The van der Waals surface area contributed by atoms with Crippen LogP contribution in [0.2, 0.25) is 0 Å². The van der Waals surface area contributed by atoms with Crippen LogP contribution in [0.1, 0.15) is 33.9 Å². The van der Waals surface area contributed by atoms with E-state index < -0.39 is 17.7 Å². The van der Waals surface area contributed by atoms with Crippen molar-refractivity contribution in [2.45, 2.75) is 30.0 Å². The van der Waals surface area contributed by atoms with Crippen molar-refractivity contribution >= 4 is 45.7 Å². The molecular formula is C28H23N3O4S2. The van der Waals surface area contributed by atoms with Gasteiger partial charge in [0.25, 0.3) is 5.78 Å². The third kappa shape index (κ3) is 4.87. The molecule has 1 amide bonds. The molecule has 0 radical (unpaired) electrons. The zero-order valence-electron chi connectivity index (χ0n) is 20.1. The summed E-state index contributed by atoms with van der Waals surface area (Å²) >= 11 is 2.70. The molecule has 37 heavy (non-hydrogen) atoms. The Balaban J connectivity index is 1.58. The van der Waals surface area contributed by atoms with Gasteiger partial charge in [0.15, 0.2) is 4.34 Å². The largest absolute Gasteiger partial charge is 0.508 e. The molecule has 1 aromatic heterocycles. The lowest BCUT2D eigenvalue weighted by molar-refractivity contribution is -0.132. The number of hydrogen-bond acceptors (Lipinski definition) is 8. The topological polar surface area (TPSA) is 104 Å². The molecule has 2 N–H and O–H groups in total. The van der Waals surface area contributed by atoms with E-state index in [0.717, 1.165) is 16.7 Å². The number of anilines is 1. The standard InChI is InChI=1S/C28H23N3O4S2/c1-16-8-9-17(2)21(14-16)24(33)22-23(19-10-12-20(32)13-11-19)31(26(35)25(22)34)27-29-30-28(37-27)36-15-18-6-4-3-5-7-18/h3-14,23,32-33H,15H2,1-2H3/b24-22+. The van der Waals surface area contributed by atoms with Crippen LogP contribution in [-0.4, -0.2) is 32.1 Å². The smallest absolute Gasteiger partial charge is 0.301 e. The van der Waals surface area contributed by atoms with Crippen molar-refractivity contribution in [2.24, 2.45) is 0 Å². The van der Waals surface area contributed by atoms with Gasteiger partial charge >= 0.3 is 5.91 Å². The summed E-state index contributed by atoms with van der Waals surface area (Å²) in [5.74, 6) is -1.11. The van der Waals surface area contributed by atoms with Crippen molar-refractivity contribution in [3.05, 3.63) is 106 Å². The monoisotopic (exact) mass is 529 g/mol. The van der Waals surface area contributed by atoms with Gasteiger partial charge in [-0.15, -0.1) is 10.2 Å². The van der Waals surface area contributed by atoms with E-state index in [0.29, 0.717) is 21.2 Å². The Hall–Kier alpha value is -3.95. The van der Waals surface area contributed by atoms with Crippen LogP contribution in [0.3, 0.4) is 0 Å². The molecule has 0 bridgehead atoms. The number of phenolic OH excluding ortho intramolecular Hbond substituents is 1. The molecule has 0 spiro atoms. The average molecular weight is 530 g/mol. The third-order valence-electron chi connectivity index (χ3n) is 6.11. The van der Waals surface area contributed by atoms with E-state index in [2.05, 4.69) is 10.2 Å². The van der Waals surface area contributed by atoms with Gasteiger partial charge in [0.2, 0.25) is 5.13 Å². The number of amides is 1. The number of hydrogen-bond donors (Lipinski definition) is 2. The molecule has 0 aliphatic carbocycles. The molecule has 1 fully saturated rings. The predicted octanol–water partition coefficient (Wildman–Crippen LogP) is 5.78. The summed E-state index contributed by atoms with van der Waals surface area (Å²) in [6.45, 7) is 3.73. The molecule has 3 aromatic carbocycles. The maximum atomic E-state index is 13.4. The second kappa shape index (κ2) is 10.2. The molecule has 1 saturated heterocycles. The number of carbonyl (C=O) groups excluding carboxylic acids is 2. The minimum atomic E-state index is -0.930. The van der Waals surface area contributed by atoms with Crippen molar-refractivity contribution in [1.82, 2.24) is 10.2 Å². The van der Waals surface area contributed by atoms with E-state index in [1.807, 2.05) is 56.3 Å². The molecule has 1 atom stereocenters. The van der Waals surface area contributed by atoms with Gasteiger partial charge < -0.3 is 10.2 Å². The van der Waals surface area contributed by atoms with E-state index in [9.17, 15) is 19.8 Å². The summed E-state index contributed by atoms with van der Waals surface area (Å²) in [4.78, 5) is 28.0. The number of rotatable bonds is 6. The number of carbonyl (C=O) groups is 2. The fourth-order valence-corrected chi connectivity index (χ4v) is 6.04. The van der Waals surface area contributed by atoms with Gasteiger partial charge in [0.1, 0.15) is 11.5 Å². The molecule has 0 saturated carbocycles. The van der Waals surface area contributed by atoms with Crippen LogP contribution in [0, 0.1) is 13.8 Å². The van der Waals surface area contributed by atoms with Crippen molar-refractivity contribution in [3.8, 4) is 5.75 Å². The minimum absolute atomic E-state index is 0.0296. The van der Waals surface area contributed by atoms with E-state index in [1.165, 1.54) is 40.1 Å². The molecule has 1 aliphatic heterocycles. The summed E-state index contributed by atoms with van der Waals surface area (Å²) in [6.07, 6.45) is 0. The Morgan fingerprint density at radius 1 is 1.00 bits per heavy atom. The molecule has 2 heterocycles. The van der Waals surface area contributed by atoms with Crippen LogP contribution in [0.5, 0.6) is 5.75 Å². The summed E-state index contributed by atoms with van der Waals surface area (Å²) in [6, 6.07) is 20.8. The fraction of sp³-hybridized carbons (Fsp3) is 0.143. The van der Waals surface area contributed by atoms with Gasteiger partial charge in [-0.3, -0.25) is 14.5 Å². The summed E-state index contributed by atoms with van der Waals surface area (Å²) in [7, 11) is 0. The number of aromatic hydroxyl groups is 1. The van der Waals surface area contributed by atoms with E-state index in [4.69, 9.17) is 0 Å². The van der Waals surface area contributed by atoms with Crippen LogP contribution in [0.4, 0.5) is 5.13 Å². The van der Waals surface area contributed by atoms with Gasteiger partial charge in [-0.05, 0) is 48.7 Å². The highest BCUT2D eigenvalue weighted by atomic mass is 32.2. The van der Waals surface area contributed by atoms with Gasteiger partial charge in [0, 0.05) is 11.3 Å². The molecule has 186 valence electrons. The highest BCUT2D eigenvalue weighted by Gasteiger charge is 2.48. The first-order valence-corrected chi connectivity index (χ1v) is 13.3. The van der Waals surface area contributed by atoms with Crippen LogP contribution >= 0.6 is 23.1 Å². The zero-order chi connectivity index (χ0) is 26.1.